The van der Waals surface area contributed by atoms with E-state index in [-0.39, 0.29) is 6.04 Å². The lowest BCUT2D eigenvalue weighted by Crippen LogP contribution is -2.30. The molecule has 0 saturated heterocycles. The number of hydrogen-bond donors (Lipinski definition) is 2. The van der Waals surface area contributed by atoms with Crippen LogP contribution in [0.5, 0.6) is 11.5 Å². The van der Waals surface area contributed by atoms with Crippen LogP contribution in [0.15, 0.2) is 97.1 Å². The third-order valence-electron chi connectivity index (χ3n) is 4.71. The molecule has 0 aliphatic carbocycles. The van der Waals surface area contributed by atoms with Crippen LogP contribution < -0.4 is 15.4 Å². The maximum Gasteiger partial charge on any atom is 0.171 e. The van der Waals surface area contributed by atoms with E-state index < -0.39 is 0 Å². The normalized spacial score (nSPS) is 11.6. The molecule has 3 nitrogen and oxygen atoms in total. The Balaban J connectivity index is 1.36. The van der Waals surface area contributed by atoms with Crippen LogP contribution in [0.2, 0.25) is 0 Å². The smallest absolute Gasteiger partial charge is 0.171 e. The molecule has 29 heavy (non-hydrogen) atoms. The molecule has 0 saturated carbocycles. The average molecular weight is 399 g/mol. The summed E-state index contributed by atoms with van der Waals surface area (Å²) in [4.78, 5) is 0. The van der Waals surface area contributed by atoms with Gasteiger partial charge in [-0.3, -0.25) is 0 Å². The minimum atomic E-state index is 0.0975. The Morgan fingerprint density at radius 3 is 2.17 bits per heavy atom. The van der Waals surface area contributed by atoms with Crippen molar-refractivity contribution in [3.05, 3.63) is 103 Å². The molecule has 0 aliphatic rings. The van der Waals surface area contributed by atoms with Gasteiger partial charge in [-0.05, 0) is 77.9 Å². The number of benzene rings is 4. The van der Waals surface area contributed by atoms with Gasteiger partial charge in [0.1, 0.15) is 11.5 Å². The lowest BCUT2D eigenvalue weighted by atomic mass is 10.0. The Kier molecular flexibility index (Phi) is 5.73. The average Bonchev–Trinajstić information content (AvgIpc) is 2.75. The molecule has 0 unspecified atom stereocenters. The van der Waals surface area contributed by atoms with Crippen molar-refractivity contribution in [3.63, 3.8) is 0 Å². The van der Waals surface area contributed by atoms with E-state index in [0.29, 0.717) is 5.11 Å². The molecule has 4 rings (SSSR count). The lowest BCUT2D eigenvalue weighted by Gasteiger charge is -2.18. The maximum absolute atomic E-state index is 5.82. The van der Waals surface area contributed by atoms with Crippen molar-refractivity contribution in [1.82, 2.24) is 5.32 Å². The molecule has 1 atom stereocenters. The Morgan fingerprint density at radius 1 is 0.759 bits per heavy atom. The number of rotatable bonds is 5. The number of ether oxygens (including phenoxy) is 1. The van der Waals surface area contributed by atoms with Gasteiger partial charge in [-0.15, -0.1) is 0 Å². The fourth-order valence-electron chi connectivity index (χ4n) is 3.16. The molecule has 0 heterocycles. The molecule has 0 amide bonds. The molecule has 0 radical (unpaired) electrons. The second kappa shape index (κ2) is 8.76. The molecule has 2 N–H and O–H groups in total. The third-order valence-corrected chi connectivity index (χ3v) is 4.93. The largest absolute Gasteiger partial charge is 0.457 e. The monoisotopic (exact) mass is 398 g/mol. The molecule has 0 bridgehead atoms. The van der Waals surface area contributed by atoms with Gasteiger partial charge in [-0.25, -0.2) is 0 Å². The molecule has 0 spiro atoms. The number of hydrogen-bond acceptors (Lipinski definition) is 2. The SMILES string of the molecule is C[C@H](NC(=S)Nc1ccc(Oc2ccccc2)cc1)c1ccc2ccccc2c1. The minimum absolute atomic E-state index is 0.0975. The van der Waals surface area contributed by atoms with Crippen molar-refractivity contribution in [2.24, 2.45) is 0 Å². The van der Waals surface area contributed by atoms with Gasteiger partial charge in [0, 0.05) is 5.69 Å². The van der Waals surface area contributed by atoms with E-state index in [2.05, 4.69) is 60.0 Å². The summed E-state index contributed by atoms with van der Waals surface area (Å²) >= 11 is 5.49. The van der Waals surface area contributed by atoms with Crippen LogP contribution in [0.25, 0.3) is 10.8 Å². The first kappa shape index (κ1) is 19.0. The van der Waals surface area contributed by atoms with Crippen molar-refractivity contribution < 1.29 is 4.74 Å². The van der Waals surface area contributed by atoms with Crippen LogP contribution in [0.3, 0.4) is 0 Å². The van der Waals surface area contributed by atoms with Crippen LogP contribution >= 0.6 is 12.2 Å². The Hall–Kier alpha value is -3.37. The van der Waals surface area contributed by atoms with Crippen molar-refractivity contribution in [2.75, 3.05) is 5.32 Å². The first-order valence-corrected chi connectivity index (χ1v) is 9.97. The summed E-state index contributed by atoms with van der Waals surface area (Å²) < 4.78 is 5.82. The van der Waals surface area contributed by atoms with Crippen LogP contribution in [0, 0.1) is 0 Å². The number of thiocarbonyl (C=S) groups is 1. The standard InChI is InChI=1S/C25H22N2OS/c1-18(20-12-11-19-7-5-6-8-21(19)17-20)26-25(29)27-22-13-15-24(16-14-22)28-23-9-3-2-4-10-23/h2-18H,1H3,(H2,26,27,29)/t18-/m0/s1. The zero-order valence-electron chi connectivity index (χ0n) is 16.1. The molecule has 4 aromatic carbocycles. The first-order chi connectivity index (χ1) is 14.2. The number of anilines is 1. The molecule has 4 aromatic rings. The summed E-state index contributed by atoms with van der Waals surface area (Å²) in [7, 11) is 0. The minimum Gasteiger partial charge on any atom is -0.457 e. The highest BCUT2D eigenvalue weighted by Crippen LogP contribution is 2.23. The molecular weight excluding hydrogens is 376 g/mol. The highest BCUT2D eigenvalue weighted by molar-refractivity contribution is 7.80. The Labute approximate surface area is 176 Å². The lowest BCUT2D eigenvalue weighted by molar-refractivity contribution is 0.483. The van der Waals surface area contributed by atoms with Crippen molar-refractivity contribution in [2.45, 2.75) is 13.0 Å². The fraction of sp³-hybridized carbons (Fsp3) is 0.0800. The van der Waals surface area contributed by atoms with Crippen molar-refractivity contribution in [1.29, 1.82) is 0 Å². The van der Waals surface area contributed by atoms with E-state index in [4.69, 9.17) is 17.0 Å². The number of para-hydroxylation sites is 1. The molecule has 0 fully saturated rings. The summed E-state index contributed by atoms with van der Waals surface area (Å²) in [6, 6.07) is 32.4. The van der Waals surface area contributed by atoms with Crippen molar-refractivity contribution >= 4 is 33.8 Å². The summed E-state index contributed by atoms with van der Waals surface area (Å²) in [5, 5.41) is 9.64. The van der Waals surface area contributed by atoms with Crippen LogP contribution in [0.1, 0.15) is 18.5 Å². The molecular formula is C25H22N2OS. The second-order valence-electron chi connectivity index (χ2n) is 6.87. The van der Waals surface area contributed by atoms with Gasteiger partial charge in [0.15, 0.2) is 5.11 Å². The van der Waals surface area contributed by atoms with Gasteiger partial charge in [-0.2, -0.15) is 0 Å². The summed E-state index contributed by atoms with van der Waals surface area (Å²) in [5.74, 6) is 1.60. The van der Waals surface area contributed by atoms with Gasteiger partial charge in [-0.1, -0.05) is 54.6 Å². The van der Waals surface area contributed by atoms with E-state index in [1.807, 2.05) is 54.6 Å². The topological polar surface area (TPSA) is 33.3 Å². The van der Waals surface area contributed by atoms with Gasteiger partial charge in [0.05, 0.1) is 6.04 Å². The van der Waals surface area contributed by atoms with Gasteiger partial charge >= 0.3 is 0 Å². The molecule has 4 heteroatoms. The second-order valence-corrected chi connectivity index (χ2v) is 7.27. The van der Waals surface area contributed by atoms with Gasteiger partial charge < -0.3 is 15.4 Å². The first-order valence-electron chi connectivity index (χ1n) is 9.56. The van der Waals surface area contributed by atoms with Crippen LogP contribution in [-0.2, 0) is 0 Å². The predicted octanol–water partition coefficient (Wildman–Crippen LogP) is 6.68. The fourth-order valence-corrected chi connectivity index (χ4v) is 3.45. The number of fused-ring (bicyclic) bond motifs is 1. The highest BCUT2D eigenvalue weighted by atomic mass is 32.1. The maximum atomic E-state index is 5.82. The summed E-state index contributed by atoms with van der Waals surface area (Å²) in [6.45, 7) is 2.11. The third kappa shape index (κ3) is 4.92. The molecule has 0 aliphatic heterocycles. The zero-order chi connectivity index (χ0) is 20.1. The van der Waals surface area contributed by atoms with E-state index in [1.165, 1.54) is 16.3 Å². The summed E-state index contributed by atoms with van der Waals surface area (Å²) in [6.07, 6.45) is 0. The Bertz CT molecular complexity index is 1110. The van der Waals surface area contributed by atoms with Gasteiger partial charge in [0.25, 0.3) is 0 Å². The van der Waals surface area contributed by atoms with Crippen LogP contribution in [0.4, 0.5) is 5.69 Å². The van der Waals surface area contributed by atoms with E-state index in [9.17, 15) is 0 Å². The Morgan fingerprint density at radius 2 is 1.41 bits per heavy atom. The molecule has 0 aromatic heterocycles. The quantitative estimate of drug-likeness (QED) is 0.367. The van der Waals surface area contributed by atoms with Gasteiger partial charge in [0.2, 0.25) is 0 Å². The predicted molar refractivity (Wildman–Crippen MR) is 125 cm³/mol. The van der Waals surface area contributed by atoms with E-state index in [0.717, 1.165) is 17.2 Å². The van der Waals surface area contributed by atoms with Crippen LogP contribution in [-0.4, -0.2) is 5.11 Å². The zero-order valence-corrected chi connectivity index (χ0v) is 16.9. The van der Waals surface area contributed by atoms with Crippen molar-refractivity contribution in [3.8, 4) is 11.5 Å². The molecule has 144 valence electrons. The van der Waals surface area contributed by atoms with E-state index >= 15 is 0 Å². The highest BCUT2D eigenvalue weighted by Gasteiger charge is 2.08. The van der Waals surface area contributed by atoms with E-state index in [1.54, 1.807) is 0 Å². The summed E-state index contributed by atoms with van der Waals surface area (Å²) in [5.41, 5.74) is 2.10. The number of nitrogens with one attached hydrogen (secondary N) is 2.